The molecule has 0 saturated carbocycles. The second-order valence-electron chi connectivity index (χ2n) is 4.75. The topological polar surface area (TPSA) is 15.3 Å². The fourth-order valence-electron chi connectivity index (χ4n) is 2.42. The van der Waals surface area contributed by atoms with Crippen LogP contribution in [-0.4, -0.2) is 30.6 Å². The van der Waals surface area contributed by atoms with Crippen LogP contribution in [0, 0.1) is 0 Å². The van der Waals surface area contributed by atoms with Crippen molar-refractivity contribution < 1.29 is 0 Å². The Bertz CT molecular complexity index is 348. The summed E-state index contributed by atoms with van der Waals surface area (Å²) in [7, 11) is 0. The van der Waals surface area contributed by atoms with Crippen molar-refractivity contribution in [2.75, 3.05) is 19.6 Å². The first kappa shape index (κ1) is 12.9. The molecule has 0 aliphatic carbocycles. The maximum atomic E-state index is 6.01. The predicted octanol–water partition coefficient (Wildman–Crippen LogP) is 2.91. The van der Waals surface area contributed by atoms with Crippen LogP contribution in [0.5, 0.6) is 0 Å². The van der Waals surface area contributed by atoms with Crippen LogP contribution in [0.15, 0.2) is 24.3 Å². The first-order valence-electron chi connectivity index (χ1n) is 6.48. The van der Waals surface area contributed by atoms with Gasteiger partial charge in [-0.3, -0.25) is 4.90 Å². The Morgan fingerprint density at radius 3 is 3.00 bits per heavy atom. The molecule has 2 rings (SSSR count). The highest BCUT2D eigenvalue weighted by Crippen LogP contribution is 2.14. The van der Waals surface area contributed by atoms with E-state index >= 15 is 0 Å². The highest BCUT2D eigenvalue weighted by molar-refractivity contribution is 6.30. The van der Waals surface area contributed by atoms with E-state index in [2.05, 4.69) is 29.3 Å². The first-order chi connectivity index (χ1) is 8.28. The molecule has 1 aliphatic rings. The van der Waals surface area contributed by atoms with Crippen LogP contribution in [0.4, 0.5) is 0 Å². The molecular weight excluding hydrogens is 232 g/mol. The van der Waals surface area contributed by atoms with Crippen LogP contribution >= 0.6 is 11.6 Å². The van der Waals surface area contributed by atoms with Crippen LogP contribution in [0.1, 0.15) is 25.3 Å². The lowest BCUT2D eigenvalue weighted by Gasteiger charge is -2.24. The smallest absolute Gasteiger partial charge is 0.0409 e. The van der Waals surface area contributed by atoms with E-state index in [0.29, 0.717) is 6.04 Å². The predicted molar refractivity (Wildman–Crippen MR) is 73.4 cm³/mol. The molecule has 1 N–H and O–H groups in total. The van der Waals surface area contributed by atoms with Gasteiger partial charge in [0.1, 0.15) is 0 Å². The van der Waals surface area contributed by atoms with Crippen LogP contribution < -0.4 is 5.32 Å². The van der Waals surface area contributed by atoms with Crippen LogP contribution in [-0.2, 0) is 6.54 Å². The second-order valence-corrected chi connectivity index (χ2v) is 5.19. The van der Waals surface area contributed by atoms with Gasteiger partial charge in [-0.05, 0) is 43.6 Å². The van der Waals surface area contributed by atoms with Crippen molar-refractivity contribution in [3.8, 4) is 0 Å². The lowest BCUT2D eigenvalue weighted by atomic mass is 10.1. The van der Waals surface area contributed by atoms with Crippen molar-refractivity contribution in [2.24, 2.45) is 0 Å². The molecule has 1 aromatic carbocycles. The molecular formula is C14H21ClN2. The van der Waals surface area contributed by atoms with E-state index in [1.807, 2.05) is 12.1 Å². The Kier molecular flexibility index (Phi) is 4.84. The number of likely N-dealkylation sites (N-methyl/N-ethyl adjacent to an activating group) is 1. The fourth-order valence-corrected chi connectivity index (χ4v) is 2.64. The minimum atomic E-state index is 0.675. The van der Waals surface area contributed by atoms with Crippen molar-refractivity contribution in [2.45, 2.75) is 32.4 Å². The minimum Gasteiger partial charge on any atom is -0.313 e. The van der Waals surface area contributed by atoms with Gasteiger partial charge >= 0.3 is 0 Å². The van der Waals surface area contributed by atoms with E-state index in [1.165, 1.54) is 24.9 Å². The monoisotopic (exact) mass is 252 g/mol. The maximum absolute atomic E-state index is 6.01. The average Bonchev–Trinajstić information content (AvgIpc) is 2.81. The summed E-state index contributed by atoms with van der Waals surface area (Å²) < 4.78 is 0. The number of rotatable bonds is 5. The molecule has 1 fully saturated rings. The normalized spacial score (nSPS) is 20.1. The van der Waals surface area contributed by atoms with Crippen molar-refractivity contribution in [1.29, 1.82) is 0 Å². The number of hydrogen-bond donors (Lipinski definition) is 1. The van der Waals surface area contributed by atoms with Gasteiger partial charge in [-0.25, -0.2) is 0 Å². The molecule has 17 heavy (non-hydrogen) atoms. The third-order valence-corrected chi connectivity index (χ3v) is 3.62. The van der Waals surface area contributed by atoms with Gasteiger partial charge in [-0.2, -0.15) is 0 Å². The van der Waals surface area contributed by atoms with E-state index in [1.54, 1.807) is 0 Å². The molecule has 0 bridgehead atoms. The van der Waals surface area contributed by atoms with Gasteiger partial charge in [0.05, 0.1) is 0 Å². The van der Waals surface area contributed by atoms with Crippen molar-refractivity contribution in [3.63, 3.8) is 0 Å². The molecule has 0 aromatic heterocycles. The number of halogens is 1. The standard InChI is InChI=1S/C14H21ClN2/c1-2-17(11-14-7-4-8-16-14)10-12-5-3-6-13(15)9-12/h3,5-6,9,14,16H,2,4,7-8,10-11H2,1H3. The van der Waals surface area contributed by atoms with Crippen LogP contribution in [0.3, 0.4) is 0 Å². The number of nitrogens with one attached hydrogen (secondary N) is 1. The van der Waals surface area contributed by atoms with Gasteiger partial charge in [0.25, 0.3) is 0 Å². The quantitative estimate of drug-likeness (QED) is 0.867. The van der Waals surface area contributed by atoms with Gasteiger partial charge in [0, 0.05) is 24.2 Å². The zero-order valence-corrected chi connectivity index (χ0v) is 11.2. The van der Waals surface area contributed by atoms with Crippen molar-refractivity contribution >= 4 is 11.6 Å². The van der Waals surface area contributed by atoms with E-state index in [-0.39, 0.29) is 0 Å². The molecule has 2 nitrogen and oxygen atoms in total. The highest BCUT2D eigenvalue weighted by atomic mass is 35.5. The molecule has 0 amide bonds. The van der Waals surface area contributed by atoms with E-state index in [0.717, 1.165) is 24.7 Å². The summed E-state index contributed by atoms with van der Waals surface area (Å²) in [6.45, 7) is 6.63. The molecule has 1 atom stereocenters. The first-order valence-corrected chi connectivity index (χ1v) is 6.86. The molecule has 1 aromatic rings. The molecule has 0 spiro atoms. The minimum absolute atomic E-state index is 0.675. The summed E-state index contributed by atoms with van der Waals surface area (Å²) in [6, 6.07) is 8.84. The third kappa shape index (κ3) is 3.98. The van der Waals surface area contributed by atoms with Gasteiger partial charge in [0.15, 0.2) is 0 Å². The zero-order chi connectivity index (χ0) is 12.1. The summed E-state index contributed by atoms with van der Waals surface area (Å²) in [4.78, 5) is 2.48. The molecule has 1 saturated heterocycles. The Balaban J connectivity index is 1.90. The maximum Gasteiger partial charge on any atom is 0.0409 e. The molecule has 94 valence electrons. The van der Waals surface area contributed by atoms with Gasteiger partial charge in [0.2, 0.25) is 0 Å². The SMILES string of the molecule is CCN(Cc1cccc(Cl)c1)CC1CCCN1. The molecule has 0 radical (unpaired) electrons. The number of benzene rings is 1. The largest absolute Gasteiger partial charge is 0.313 e. The molecule has 1 heterocycles. The number of hydrogen-bond acceptors (Lipinski definition) is 2. The summed E-state index contributed by atoms with van der Waals surface area (Å²) in [6.07, 6.45) is 2.63. The van der Waals surface area contributed by atoms with E-state index < -0.39 is 0 Å². The third-order valence-electron chi connectivity index (χ3n) is 3.38. The van der Waals surface area contributed by atoms with Crippen LogP contribution in [0.2, 0.25) is 5.02 Å². The summed E-state index contributed by atoms with van der Waals surface area (Å²) in [5.74, 6) is 0. The van der Waals surface area contributed by atoms with Gasteiger partial charge in [-0.15, -0.1) is 0 Å². The Morgan fingerprint density at radius 1 is 1.47 bits per heavy atom. The lowest BCUT2D eigenvalue weighted by molar-refractivity contribution is 0.253. The summed E-state index contributed by atoms with van der Waals surface area (Å²) in [5.41, 5.74) is 1.30. The van der Waals surface area contributed by atoms with Gasteiger partial charge in [-0.1, -0.05) is 30.7 Å². The van der Waals surface area contributed by atoms with Crippen molar-refractivity contribution in [3.05, 3.63) is 34.9 Å². The lowest BCUT2D eigenvalue weighted by Crippen LogP contribution is -2.37. The Morgan fingerprint density at radius 2 is 2.35 bits per heavy atom. The summed E-state index contributed by atoms with van der Waals surface area (Å²) in [5, 5.41) is 4.38. The van der Waals surface area contributed by atoms with E-state index in [9.17, 15) is 0 Å². The molecule has 1 unspecified atom stereocenters. The Labute approximate surface area is 109 Å². The summed E-state index contributed by atoms with van der Waals surface area (Å²) >= 11 is 6.01. The molecule has 3 heteroatoms. The molecule has 1 aliphatic heterocycles. The fraction of sp³-hybridized carbons (Fsp3) is 0.571. The zero-order valence-electron chi connectivity index (χ0n) is 10.5. The van der Waals surface area contributed by atoms with E-state index in [4.69, 9.17) is 11.6 Å². The second kappa shape index (κ2) is 6.39. The number of nitrogens with zero attached hydrogens (tertiary/aromatic N) is 1. The Hall–Kier alpha value is -0.570. The van der Waals surface area contributed by atoms with Gasteiger partial charge < -0.3 is 5.32 Å². The van der Waals surface area contributed by atoms with Crippen molar-refractivity contribution in [1.82, 2.24) is 10.2 Å². The van der Waals surface area contributed by atoms with Crippen LogP contribution in [0.25, 0.3) is 0 Å². The average molecular weight is 253 g/mol. The highest BCUT2D eigenvalue weighted by Gasteiger charge is 2.16.